The van der Waals surface area contributed by atoms with Crippen LogP contribution in [-0.2, 0) is 11.3 Å². The first kappa shape index (κ1) is 16.2. The van der Waals surface area contributed by atoms with Crippen LogP contribution in [0.4, 0.5) is 0 Å². The van der Waals surface area contributed by atoms with Crippen LogP contribution in [0.3, 0.4) is 0 Å². The van der Waals surface area contributed by atoms with Gasteiger partial charge in [0.05, 0.1) is 6.61 Å². The van der Waals surface area contributed by atoms with Crippen molar-refractivity contribution in [1.29, 1.82) is 0 Å². The van der Waals surface area contributed by atoms with E-state index in [2.05, 4.69) is 43.1 Å². The largest absolute Gasteiger partial charge is 0.380 e. The van der Waals surface area contributed by atoms with Crippen LogP contribution in [0, 0.1) is 0 Å². The molecule has 0 heterocycles. The monoisotopic (exact) mass is 264 g/mol. The predicted octanol–water partition coefficient (Wildman–Crippen LogP) is 2.95. The van der Waals surface area contributed by atoms with E-state index in [-0.39, 0.29) is 6.04 Å². The lowest BCUT2D eigenvalue weighted by molar-refractivity contribution is 0.180. The van der Waals surface area contributed by atoms with Gasteiger partial charge >= 0.3 is 0 Å². The average molecular weight is 264 g/mol. The normalized spacial score (nSPS) is 12.9. The van der Waals surface area contributed by atoms with Crippen molar-refractivity contribution >= 4 is 0 Å². The molecule has 19 heavy (non-hydrogen) atoms. The van der Waals surface area contributed by atoms with E-state index in [4.69, 9.17) is 10.5 Å². The number of benzene rings is 1. The van der Waals surface area contributed by atoms with Crippen molar-refractivity contribution < 1.29 is 4.74 Å². The van der Waals surface area contributed by atoms with Crippen molar-refractivity contribution in [2.24, 2.45) is 5.73 Å². The molecule has 3 heteroatoms. The second-order valence-electron chi connectivity index (χ2n) is 5.07. The lowest BCUT2D eigenvalue weighted by Crippen LogP contribution is -2.32. The number of ether oxygens (including phenoxy) is 1. The van der Waals surface area contributed by atoms with E-state index >= 15 is 0 Å². The zero-order valence-electron chi connectivity index (χ0n) is 12.6. The molecule has 0 saturated carbocycles. The molecule has 0 bridgehead atoms. The van der Waals surface area contributed by atoms with E-state index in [9.17, 15) is 0 Å². The molecule has 0 aromatic heterocycles. The number of rotatable bonds is 9. The fraction of sp³-hybridized carbons (Fsp3) is 0.625. The van der Waals surface area contributed by atoms with E-state index in [1.807, 2.05) is 0 Å². The molecule has 0 spiro atoms. The van der Waals surface area contributed by atoms with E-state index < -0.39 is 0 Å². The Hall–Kier alpha value is -0.900. The van der Waals surface area contributed by atoms with Gasteiger partial charge in [-0.3, -0.25) is 4.90 Å². The van der Waals surface area contributed by atoms with Gasteiger partial charge < -0.3 is 10.5 Å². The van der Waals surface area contributed by atoms with Crippen LogP contribution >= 0.6 is 0 Å². The highest BCUT2D eigenvalue weighted by Gasteiger charge is 2.17. The van der Waals surface area contributed by atoms with E-state index in [1.165, 1.54) is 30.4 Å². The van der Waals surface area contributed by atoms with E-state index in [1.54, 1.807) is 7.11 Å². The molecule has 1 atom stereocenters. The Labute approximate surface area is 117 Å². The van der Waals surface area contributed by atoms with Crippen molar-refractivity contribution in [3.63, 3.8) is 0 Å². The fourth-order valence-electron chi connectivity index (χ4n) is 2.46. The van der Waals surface area contributed by atoms with Crippen LogP contribution in [0.25, 0.3) is 0 Å². The lowest BCUT2D eigenvalue weighted by Gasteiger charge is -2.29. The van der Waals surface area contributed by atoms with Gasteiger partial charge in [0.1, 0.15) is 0 Å². The van der Waals surface area contributed by atoms with E-state index in [0.717, 1.165) is 6.54 Å². The van der Waals surface area contributed by atoms with Crippen molar-refractivity contribution in [3.05, 3.63) is 35.4 Å². The minimum Gasteiger partial charge on any atom is -0.380 e. The molecule has 0 fully saturated rings. The average Bonchev–Trinajstić information content (AvgIpc) is 2.42. The number of hydrogen-bond donors (Lipinski definition) is 1. The summed E-state index contributed by atoms with van der Waals surface area (Å²) in [5.74, 6) is 0. The molecule has 0 aliphatic rings. The molecule has 108 valence electrons. The molecule has 3 nitrogen and oxygen atoms in total. The number of nitrogens with zero attached hydrogens (tertiary/aromatic N) is 1. The Morgan fingerprint density at radius 3 is 2.63 bits per heavy atom. The second kappa shape index (κ2) is 9.08. The maximum absolute atomic E-state index is 5.99. The zero-order valence-corrected chi connectivity index (χ0v) is 12.6. The van der Waals surface area contributed by atoms with Gasteiger partial charge in [-0.05, 0) is 31.1 Å². The summed E-state index contributed by atoms with van der Waals surface area (Å²) in [7, 11) is 3.90. The van der Waals surface area contributed by atoms with Crippen LogP contribution in [0.2, 0.25) is 0 Å². The van der Waals surface area contributed by atoms with Crippen LogP contribution in [0.1, 0.15) is 43.4 Å². The fourth-order valence-corrected chi connectivity index (χ4v) is 2.46. The molecule has 0 saturated heterocycles. The number of methoxy groups -OCH3 is 1. The molecule has 0 aliphatic heterocycles. The van der Waals surface area contributed by atoms with Gasteiger partial charge in [-0.1, -0.05) is 44.0 Å². The Bertz CT molecular complexity index is 354. The number of likely N-dealkylation sites (N-methyl/N-ethyl adjacent to an activating group) is 1. The molecular weight excluding hydrogens is 236 g/mol. The van der Waals surface area contributed by atoms with Crippen molar-refractivity contribution in [2.75, 3.05) is 27.2 Å². The van der Waals surface area contributed by atoms with Gasteiger partial charge in [0.2, 0.25) is 0 Å². The van der Waals surface area contributed by atoms with Crippen molar-refractivity contribution in [2.45, 2.75) is 38.8 Å². The molecule has 1 rings (SSSR count). The highest BCUT2D eigenvalue weighted by atomic mass is 16.5. The number of nitrogens with two attached hydrogens (primary N) is 1. The van der Waals surface area contributed by atoms with Crippen LogP contribution in [0.15, 0.2) is 24.3 Å². The maximum Gasteiger partial charge on any atom is 0.0716 e. The molecule has 0 aliphatic carbocycles. The summed E-state index contributed by atoms with van der Waals surface area (Å²) in [5.41, 5.74) is 8.53. The molecule has 1 unspecified atom stereocenters. The first-order valence-corrected chi connectivity index (χ1v) is 7.21. The summed E-state index contributed by atoms with van der Waals surface area (Å²) in [6.07, 6.45) is 3.76. The zero-order chi connectivity index (χ0) is 14.1. The quantitative estimate of drug-likeness (QED) is 0.697. The minimum absolute atomic E-state index is 0.281. The van der Waals surface area contributed by atoms with Crippen molar-refractivity contribution in [3.8, 4) is 0 Å². The predicted molar refractivity (Wildman–Crippen MR) is 81.1 cm³/mol. The Kier molecular flexibility index (Phi) is 7.72. The van der Waals surface area contributed by atoms with Crippen LogP contribution < -0.4 is 5.73 Å². The third-order valence-electron chi connectivity index (χ3n) is 3.58. The minimum atomic E-state index is 0.281. The van der Waals surface area contributed by atoms with Gasteiger partial charge in [0.15, 0.2) is 0 Å². The van der Waals surface area contributed by atoms with E-state index in [0.29, 0.717) is 13.2 Å². The summed E-state index contributed by atoms with van der Waals surface area (Å²) < 4.78 is 5.28. The Morgan fingerprint density at radius 1 is 1.26 bits per heavy atom. The number of hydrogen-bond acceptors (Lipinski definition) is 3. The topological polar surface area (TPSA) is 38.5 Å². The third kappa shape index (κ3) is 4.94. The molecule has 0 radical (unpaired) electrons. The smallest absolute Gasteiger partial charge is 0.0716 e. The maximum atomic E-state index is 5.99. The van der Waals surface area contributed by atoms with Gasteiger partial charge in [0.25, 0.3) is 0 Å². The summed E-state index contributed by atoms with van der Waals surface area (Å²) in [5, 5.41) is 0. The van der Waals surface area contributed by atoms with Gasteiger partial charge in [-0.25, -0.2) is 0 Å². The first-order valence-electron chi connectivity index (χ1n) is 7.21. The molecule has 1 aromatic carbocycles. The molecule has 2 N–H and O–H groups in total. The first-order chi connectivity index (χ1) is 9.24. The lowest BCUT2D eigenvalue weighted by atomic mass is 9.99. The third-order valence-corrected chi connectivity index (χ3v) is 3.58. The molecule has 0 amide bonds. The van der Waals surface area contributed by atoms with Crippen LogP contribution in [-0.4, -0.2) is 32.1 Å². The van der Waals surface area contributed by atoms with Gasteiger partial charge in [-0.15, -0.1) is 0 Å². The standard InChI is InChI=1S/C16H28N2O/c1-4-5-8-11-18(2)16(12-17)15-10-7-6-9-14(15)13-19-3/h6-7,9-10,16H,4-5,8,11-13,17H2,1-3H3. The highest BCUT2D eigenvalue weighted by molar-refractivity contribution is 5.30. The summed E-state index contributed by atoms with van der Waals surface area (Å²) in [6, 6.07) is 8.71. The Balaban J connectivity index is 2.77. The second-order valence-corrected chi connectivity index (χ2v) is 5.07. The summed E-state index contributed by atoms with van der Waals surface area (Å²) in [4.78, 5) is 2.37. The highest BCUT2D eigenvalue weighted by Crippen LogP contribution is 2.23. The van der Waals surface area contributed by atoms with Gasteiger partial charge in [-0.2, -0.15) is 0 Å². The Morgan fingerprint density at radius 2 is 2.00 bits per heavy atom. The number of unbranched alkanes of at least 4 members (excludes halogenated alkanes) is 2. The summed E-state index contributed by atoms with van der Waals surface area (Å²) in [6.45, 7) is 4.62. The SMILES string of the molecule is CCCCCN(C)C(CN)c1ccccc1COC. The van der Waals surface area contributed by atoms with Crippen LogP contribution in [0.5, 0.6) is 0 Å². The summed E-state index contributed by atoms with van der Waals surface area (Å²) >= 11 is 0. The van der Waals surface area contributed by atoms with Crippen molar-refractivity contribution in [1.82, 2.24) is 4.90 Å². The van der Waals surface area contributed by atoms with Gasteiger partial charge in [0, 0.05) is 19.7 Å². The molecule has 1 aromatic rings. The molecular formula is C16H28N2O.